The van der Waals surface area contributed by atoms with Crippen molar-refractivity contribution >= 4 is 29.6 Å². The lowest BCUT2D eigenvalue weighted by atomic mass is 9.97. The Kier molecular flexibility index (Phi) is 11.5. The molecule has 0 saturated heterocycles. The number of carbonyl (C=O) groups excluding carboxylic acids is 4. The fourth-order valence-corrected chi connectivity index (χ4v) is 2.30. The number of carboxylic acid groups (broad SMARTS) is 1. The van der Waals surface area contributed by atoms with Crippen LogP contribution in [0, 0.1) is 5.92 Å². The number of primary amides is 1. The number of aliphatic hydroxyl groups excluding tert-OH is 2. The Morgan fingerprint density at radius 2 is 1.47 bits per heavy atom. The van der Waals surface area contributed by atoms with E-state index in [1.54, 1.807) is 13.8 Å². The van der Waals surface area contributed by atoms with E-state index in [2.05, 4.69) is 10.6 Å². The third-order valence-corrected chi connectivity index (χ3v) is 4.45. The van der Waals surface area contributed by atoms with Crippen molar-refractivity contribution in [2.24, 2.45) is 17.4 Å². The van der Waals surface area contributed by atoms with Crippen LogP contribution in [0.2, 0.25) is 0 Å². The second-order valence-corrected chi connectivity index (χ2v) is 6.95. The average Bonchev–Trinajstić information content (AvgIpc) is 2.67. The molecule has 0 aliphatic carbocycles. The molecule has 0 aromatic rings. The summed E-state index contributed by atoms with van der Waals surface area (Å²) in [6, 6.07) is -5.63. The van der Waals surface area contributed by atoms with E-state index < -0.39 is 78.8 Å². The van der Waals surface area contributed by atoms with Crippen molar-refractivity contribution in [3.05, 3.63) is 0 Å². The molecular formula is C17H31N5O8. The van der Waals surface area contributed by atoms with E-state index in [1.165, 1.54) is 6.92 Å². The first-order chi connectivity index (χ1) is 13.8. The average molecular weight is 433 g/mol. The molecule has 13 nitrogen and oxygen atoms in total. The molecule has 0 bridgehead atoms. The highest BCUT2D eigenvalue weighted by atomic mass is 16.4. The summed E-state index contributed by atoms with van der Waals surface area (Å²) in [7, 11) is 0. The zero-order valence-corrected chi connectivity index (χ0v) is 17.1. The van der Waals surface area contributed by atoms with Crippen molar-refractivity contribution < 1.29 is 39.3 Å². The number of aliphatic hydroxyl groups is 2. The fraction of sp³-hybridized carbons (Fsp3) is 0.706. The van der Waals surface area contributed by atoms with Gasteiger partial charge in [0.1, 0.15) is 24.2 Å². The topological polar surface area (TPSA) is 234 Å². The second kappa shape index (κ2) is 12.7. The summed E-state index contributed by atoms with van der Waals surface area (Å²) in [5.74, 6) is -5.58. The molecule has 0 aliphatic heterocycles. The van der Waals surface area contributed by atoms with Crippen molar-refractivity contribution in [3.8, 4) is 0 Å². The molecule has 0 radical (unpaired) electrons. The van der Waals surface area contributed by atoms with Crippen LogP contribution in [0.15, 0.2) is 0 Å². The minimum Gasteiger partial charge on any atom is -0.480 e. The van der Waals surface area contributed by atoms with Crippen molar-refractivity contribution in [3.63, 3.8) is 0 Å². The van der Waals surface area contributed by atoms with Crippen LogP contribution in [-0.2, 0) is 24.0 Å². The molecule has 6 unspecified atom stereocenters. The molecule has 0 aliphatic rings. The molecule has 30 heavy (non-hydrogen) atoms. The maximum Gasteiger partial charge on any atom is 0.326 e. The Morgan fingerprint density at radius 1 is 0.933 bits per heavy atom. The molecule has 0 spiro atoms. The van der Waals surface area contributed by atoms with E-state index in [0.29, 0.717) is 6.42 Å². The third-order valence-electron chi connectivity index (χ3n) is 4.45. The molecule has 6 atom stereocenters. The molecule has 0 rings (SSSR count). The van der Waals surface area contributed by atoms with Gasteiger partial charge < -0.3 is 42.7 Å². The minimum absolute atomic E-state index is 0.404. The van der Waals surface area contributed by atoms with Crippen LogP contribution in [-0.4, -0.2) is 81.8 Å². The second-order valence-electron chi connectivity index (χ2n) is 6.95. The van der Waals surface area contributed by atoms with E-state index in [-0.39, 0.29) is 0 Å². The van der Waals surface area contributed by atoms with Gasteiger partial charge in [0.15, 0.2) is 0 Å². The highest BCUT2D eigenvalue weighted by Gasteiger charge is 2.33. The van der Waals surface area contributed by atoms with Gasteiger partial charge in [0.2, 0.25) is 23.6 Å². The molecule has 4 amide bonds. The van der Waals surface area contributed by atoms with Gasteiger partial charge in [0.25, 0.3) is 0 Å². The normalized spacial score (nSPS) is 16.9. The lowest BCUT2D eigenvalue weighted by Crippen LogP contribution is -2.60. The van der Waals surface area contributed by atoms with Crippen LogP contribution < -0.4 is 27.4 Å². The largest absolute Gasteiger partial charge is 0.480 e. The first-order valence-corrected chi connectivity index (χ1v) is 9.32. The predicted molar refractivity (Wildman–Crippen MR) is 103 cm³/mol. The van der Waals surface area contributed by atoms with Crippen molar-refractivity contribution in [2.45, 2.75) is 63.9 Å². The Balaban J connectivity index is 5.32. The van der Waals surface area contributed by atoms with Crippen LogP contribution in [0.3, 0.4) is 0 Å². The summed E-state index contributed by atoms with van der Waals surface area (Å²) in [6.45, 7) is 3.83. The fourth-order valence-electron chi connectivity index (χ4n) is 2.30. The number of hydrogen-bond donors (Lipinski definition) is 8. The Morgan fingerprint density at radius 3 is 1.87 bits per heavy atom. The molecule has 0 heterocycles. The van der Waals surface area contributed by atoms with E-state index in [9.17, 15) is 34.2 Å². The van der Waals surface area contributed by atoms with Gasteiger partial charge in [0.05, 0.1) is 19.1 Å². The smallest absolute Gasteiger partial charge is 0.326 e. The van der Waals surface area contributed by atoms with Gasteiger partial charge in [-0.05, 0) is 12.8 Å². The monoisotopic (exact) mass is 433 g/mol. The van der Waals surface area contributed by atoms with Gasteiger partial charge in [-0.3, -0.25) is 19.2 Å². The Hall–Kier alpha value is -2.77. The first kappa shape index (κ1) is 27.2. The van der Waals surface area contributed by atoms with Crippen LogP contribution in [0.25, 0.3) is 0 Å². The van der Waals surface area contributed by atoms with Crippen molar-refractivity contribution in [1.29, 1.82) is 0 Å². The predicted octanol–water partition coefficient (Wildman–Crippen LogP) is -3.85. The summed E-state index contributed by atoms with van der Waals surface area (Å²) in [5, 5.41) is 34.5. The number of aliphatic carboxylic acids is 1. The van der Waals surface area contributed by atoms with Crippen LogP contribution in [0.5, 0.6) is 0 Å². The molecule has 0 fully saturated rings. The third kappa shape index (κ3) is 8.71. The molecular weight excluding hydrogens is 402 g/mol. The summed E-state index contributed by atoms with van der Waals surface area (Å²) in [4.78, 5) is 59.1. The van der Waals surface area contributed by atoms with E-state index in [1.807, 2.05) is 5.32 Å². The highest BCUT2D eigenvalue weighted by Crippen LogP contribution is 2.09. The minimum atomic E-state index is -1.64. The van der Waals surface area contributed by atoms with Crippen LogP contribution in [0.1, 0.15) is 33.6 Å². The zero-order chi connectivity index (χ0) is 23.6. The Bertz CT molecular complexity index is 642. The van der Waals surface area contributed by atoms with Crippen LogP contribution in [0.4, 0.5) is 0 Å². The van der Waals surface area contributed by atoms with Crippen molar-refractivity contribution in [1.82, 2.24) is 16.0 Å². The van der Waals surface area contributed by atoms with Gasteiger partial charge in [0, 0.05) is 0 Å². The molecule has 10 N–H and O–H groups in total. The standard InChI is InChI=1S/C17H31N5O8/c1-4-7(2)13(22-15(27)12(19)8(3)24)16(28)21-10(6-23)14(26)20-9(17(29)30)5-11(18)25/h7-10,12-13,23-24H,4-6,19H2,1-3H3,(H2,18,25)(H,20,26)(H,21,28)(H,22,27)(H,29,30). The summed E-state index contributed by atoms with van der Waals surface area (Å²) in [6.07, 6.45) is -1.40. The van der Waals surface area contributed by atoms with Gasteiger partial charge in [-0.25, -0.2) is 4.79 Å². The van der Waals surface area contributed by atoms with Crippen molar-refractivity contribution in [2.75, 3.05) is 6.61 Å². The number of carboxylic acids is 1. The van der Waals surface area contributed by atoms with Crippen LogP contribution >= 0.6 is 0 Å². The zero-order valence-electron chi connectivity index (χ0n) is 17.1. The molecule has 0 aromatic heterocycles. The lowest BCUT2D eigenvalue weighted by molar-refractivity contribution is -0.144. The number of nitrogens with one attached hydrogen (secondary N) is 3. The lowest BCUT2D eigenvalue weighted by Gasteiger charge is -2.27. The summed E-state index contributed by atoms with van der Waals surface area (Å²) in [5.41, 5.74) is 10.5. The molecule has 0 aromatic carbocycles. The first-order valence-electron chi connectivity index (χ1n) is 9.32. The Labute approximate surface area is 173 Å². The molecule has 13 heteroatoms. The highest BCUT2D eigenvalue weighted by molar-refractivity contribution is 5.95. The summed E-state index contributed by atoms with van der Waals surface area (Å²) >= 11 is 0. The van der Waals surface area contributed by atoms with Gasteiger partial charge >= 0.3 is 5.97 Å². The van der Waals surface area contributed by atoms with E-state index >= 15 is 0 Å². The summed E-state index contributed by atoms with van der Waals surface area (Å²) < 4.78 is 0. The number of carbonyl (C=O) groups is 5. The molecule has 172 valence electrons. The van der Waals surface area contributed by atoms with Gasteiger partial charge in [-0.15, -0.1) is 0 Å². The number of hydrogen-bond acceptors (Lipinski definition) is 8. The maximum absolute atomic E-state index is 12.6. The number of rotatable bonds is 13. The van der Waals surface area contributed by atoms with E-state index in [4.69, 9.17) is 16.6 Å². The van der Waals surface area contributed by atoms with E-state index in [0.717, 1.165) is 0 Å². The number of amides is 4. The SMILES string of the molecule is CCC(C)C(NC(=O)C(N)C(C)O)C(=O)NC(CO)C(=O)NC(CC(N)=O)C(=O)O. The quantitative estimate of drug-likeness (QED) is 0.142. The maximum atomic E-state index is 12.6. The number of nitrogens with two attached hydrogens (primary N) is 2. The van der Waals surface area contributed by atoms with Gasteiger partial charge in [-0.1, -0.05) is 20.3 Å². The van der Waals surface area contributed by atoms with Gasteiger partial charge in [-0.2, -0.15) is 0 Å². The molecule has 0 saturated carbocycles.